The summed E-state index contributed by atoms with van der Waals surface area (Å²) in [7, 11) is 3.11. The Morgan fingerprint density at radius 3 is 2.72 bits per heavy atom. The number of hydrogen-bond acceptors (Lipinski definition) is 6. The van der Waals surface area contributed by atoms with Gasteiger partial charge in [0.25, 0.3) is 0 Å². The standard InChI is InChI=1S/C22H22N2O4S/c1-15-23-17(14-29-15)13-28-19-6-4-5-16(11-19)7-10-22(25)24-20-12-18(26-2)8-9-21(20)27-3/h4-12,14H,13H2,1-3H3,(H,24,25)/b10-7+. The number of benzene rings is 2. The van der Waals surface area contributed by atoms with Gasteiger partial charge in [-0.15, -0.1) is 11.3 Å². The van der Waals surface area contributed by atoms with Gasteiger partial charge in [-0.25, -0.2) is 4.98 Å². The fraction of sp³-hybridized carbons (Fsp3) is 0.182. The number of aromatic nitrogens is 1. The zero-order valence-electron chi connectivity index (χ0n) is 16.5. The first kappa shape index (κ1) is 20.4. The van der Waals surface area contributed by atoms with Gasteiger partial charge in [-0.1, -0.05) is 12.1 Å². The van der Waals surface area contributed by atoms with Crippen LogP contribution in [0.1, 0.15) is 16.3 Å². The number of carbonyl (C=O) groups excluding carboxylic acids is 1. The summed E-state index contributed by atoms with van der Waals surface area (Å²) in [5.74, 6) is 1.62. The van der Waals surface area contributed by atoms with E-state index in [2.05, 4.69) is 10.3 Å². The molecule has 0 aliphatic carbocycles. The van der Waals surface area contributed by atoms with Gasteiger partial charge in [0.1, 0.15) is 23.9 Å². The second kappa shape index (κ2) is 9.75. The lowest BCUT2D eigenvalue weighted by Gasteiger charge is -2.10. The average molecular weight is 410 g/mol. The molecular weight excluding hydrogens is 388 g/mol. The quantitative estimate of drug-likeness (QED) is 0.545. The van der Waals surface area contributed by atoms with Crippen molar-refractivity contribution in [2.75, 3.05) is 19.5 Å². The van der Waals surface area contributed by atoms with E-state index in [1.54, 1.807) is 49.8 Å². The highest BCUT2D eigenvalue weighted by Gasteiger charge is 2.07. The zero-order chi connectivity index (χ0) is 20.6. The van der Waals surface area contributed by atoms with E-state index in [1.165, 1.54) is 6.08 Å². The Hall–Kier alpha value is -3.32. The Bertz CT molecular complexity index is 1010. The zero-order valence-corrected chi connectivity index (χ0v) is 17.3. The summed E-state index contributed by atoms with van der Waals surface area (Å²) < 4.78 is 16.2. The Morgan fingerprint density at radius 1 is 1.14 bits per heavy atom. The Morgan fingerprint density at radius 2 is 2.00 bits per heavy atom. The summed E-state index contributed by atoms with van der Waals surface area (Å²) in [5, 5.41) is 5.80. The van der Waals surface area contributed by atoms with Crippen LogP contribution in [0.5, 0.6) is 17.2 Å². The van der Waals surface area contributed by atoms with Gasteiger partial charge < -0.3 is 19.5 Å². The number of methoxy groups -OCH3 is 2. The number of nitrogens with zero attached hydrogens (tertiary/aromatic N) is 1. The van der Waals surface area contributed by atoms with Crippen LogP contribution in [-0.4, -0.2) is 25.1 Å². The molecule has 0 aliphatic heterocycles. The predicted molar refractivity (Wildman–Crippen MR) is 115 cm³/mol. The molecule has 1 amide bonds. The minimum absolute atomic E-state index is 0.277. The summed E-state index contributed by atoms with van der Waals surface area (Å²) in [6, 6.07) is 12.7. The van der Waals surface area contributed by atoms with Crippen molar-refractivity contribution in [3.8, 4) is 17.2 Å². The SMILES string of the molecule is COc1ccc(OC)c(NC(=O)/C=C/c2cccc(OCc3csc(C)n3)c2)c1. The number of ether oxygens (including phenoxy) is 3. The van der Waals surface area contributed by atoms with Crippen LogP contribution in [-0.2, 0) is 11.4 Å². The maximum atomic E-state index is 12.3. The van der Waals surface area contributed by atoms with E-state index < -0.39 is 0 Å². The molecule has 0 saturated carbocycles. The fourth-order valence-electron chi connectivity index (χ4n) is 2.60. The maximum absolute atomic E-state index is 12.3. The summed E-state index contributed by atoms with van der Waals surface area (Å²) >= 11 is 1.60. The lowest BCUT2D eigenvalue weighted by atomic mass is 10.2. The molecule has 1 N–H and O–H groups in total. The molecule has 0 bridgehead atoms. The van der Waals surface area contributed by atoms with Gasteiger partial charge in [0.2, 0.25) is 5.91 Å². The third kappa shape index (κ3) is 5.83. The first-order valence-electron chi connectivity index (χ1n) is 8.92. The van der Waals surface area contributed by atoms with Gasteiger partial charge in [0.15, 0.2) is 0 Å². The van der Waals surface area contributed by atoms with Crippen LogP contribution >= 0.6 is 11.3 Å². The summed E-state index contributed by atoms with van der Waals surface area (Å²) in [6.45, 7) is 2.37. The number of hydrogen-bond donors (Lipinski definition) is 1. The van der Waals surface area contributed by atoms with Gasteiger partial charge >= 0.3 is 0 Å². The second-order valence-corrected chi connectivity index (χ2v) is 7.17. The number of thiazole rings is 1. The van der Waals surface area contributed by atoms with Crippen LogP contribution < -0.4 is 19.5 Å². The largest absolute Gasteiger partial charge is 0.497 e. The minimum atomic E-state index is -0.277. The number of anilines is 1. The third-order valence-corrected chi connectivity index (χ3v) is 4.83. The molecule has 0 radical (unpaired) electrons. The first-order chi connectivity index (χ1) is 14.1. The van der Waals surface area contributed by atoms with Crippen LogP contribution in [0.4, 0.5) is 5.69 Å². The Balaban J connectivity index is 1.63. The van der Waals surface area contributed by atoms with Gasteiger partial charge in [-0.3, -0.25) is 4.79 Å². The van der Waals surface area contributed by atoms with E-state index >= 15 is 0 Å². The highest BCUT2D eigenvalue weighted by Crippen LogP contribution is 2.29. The van der Waals surface area contributed by atoms with Crippen molar-refractivity contribution in [3.05, 3.63) is 70.2 Å². The number of amides is 1. The van der Waals surface area contributed by atoms with Crippen molar-refractivity contribution in [1.29, 1.82) is 0 Å². The van der Waals surface area contributed by atoms with Gasteiger partial charge in [-0.05, 0) is 42.8 Å². The topological polar surface area (TPSA) is 69.7 Å². The highest BCUT2D eigenvalue weighted by molar-refractivity contribution is 7.09. The van der Waals surface area contributed by atoms with Crippen LogP contribution in [0.15, 0.2) is 53.9 Å². The molecule has 3 aromatic rings. The van der Waals surface area contributed by atoms with E-state index in [0.717, 1.165) is 16.3 Å². The van der Waals surface area contributed by atoms with E-state index in [0.29, 0.717) is 29.5 Å². The number of nitrogens with one attached hydrogen (secondary N) is 1. The Labute approximate surface area is 173 Å². The van der Waals surface area contributed by atoms with E-state index in [-0.39, 0.29) is 5.91 Å². The minimum Gasteiger partial charge on any atom is -0.497 e. The molecule has 0 saturated heterocycles. The van der Waals surface area contributed by atoms with Gasteiger partial charge in [0.05, 0.1) is 30.6 Å². The molecule has 7 heteroatoms. The normalized spacial score (nSPS) is 10.7. The molecule has 3 rings (SSSR count). The summed E-state index contributed by atoms with van der Waals surface area (Å²) in [5.41, 5.74) is 2.29. The highest BCUT2D eigenvalue weighted by atomic mass is 32.1. The van der Waals surface area contributed by atoms with E-state index in [1.807, 2.05) is 36.6 Å². The van der Waals surface area contributed by atoms with Crippen molar-refractivity contribution < 1.29 is 19.0 Å². The number of aryl methyl sites for hydroxylation is 1. The number of carbonyl (C=O) groups is 1. The molecule has 0 spiro atoms. The molecule has 150 valence electrons. The predicted octanol–water partition coefficient (Wildman–Crippen LogP) is 4.70. The lowest BCUT2D eigenvalue weighted by molar-refractivity contribution is -0.111. The number of rotatable bonds is 8. The van der Waals surface area contributed by atoms with E-state index in [4.69, 9.17) is 14.2 Å². The van der Waals surface area contributed by atoms with Crippen molar-refractivity contribution in [3.63, 3.8) is 0 Å². The smallest absolute Gasteiger partial charge is 0.248 e. The Kier molecular flexibility index (Phi) is 6.86. The van der Waals surface area contributed by atoms with Crippen molar-refractivity contribution in [1.82, 2.24) is 4.98 Å². The molecule has 0 atom stereocenters. The molecule has 1 heterocycles. The molecule has 0 aliphatic rings. The van der Waals surface area contributed by atoms with Crippen LogP contribution in [0.2, 0.25) is 0 Å². The van der Waals surface area contributed by atoms with E-state index in [9.17, 15) is 4.79 Å². The molecule has 1 aromatic heterocycles. The molecule has 6 nitrogen and oxygen atoms in total. The van der Waals surface area contributed by atoms with Crippen LogP contribution in [0.25, 0.3) is 6.08 Å². The van der Waals surface area contributed by atoms with Crippen LogP contribution in [0, 0.1) is 6.92 Å². The fourth-order valence-corrected chi connectivity index (χ4v) is 3.20. The maximum Gasteiger partial charge on any atom is 0.248 e. The molecule has 29 heavy (non-hydrogen) atoms. The first-order valence-corrected chi connectivity index (χ1v) is 9.80. The van der Waals surface area contributed by atoms with Crippen molar-refractivity contribution in [2.45, 2.75) is 13.5 Å². The van der Waals surface area contributed by atoms with Crippen LogP contribution in [0.3, 0.4) is 0 Å². The average Bonchev–Trinajstić information content (AvgIpc) is 3.16. The second-order valence-electron chi connectivity index (χ2n) is 6.11. The summed E-state index contributed by atoms with van der Waals surface area (Å²) in [4.78, 5) is 16.7. The monoisotopic (exact) mass is 410 g/mol. The van der Waals surface area contributed by atoms with Crippen molar-refractivity contribution in [2.24, 2.45) is 0 Å². The molecular formula is C22H22N2O4S. The summed E-state index contributed by atoms with van der Waals surface area (Å²) in [6.07, 6.45) is 3.18. The molecule has 2 aromatic carbocycles. The molecule has 0 unspecified atom stereocenters. The lowest BCUT2D eigenvalue weighted by Crippen LogP contribution is -2.09. The van der Waals surface area contributed by atoms with Gasteiger partial charge in [-0.2, -0.15) is 0 Å². The third-order valence-electron chi connectivity index (χ3n) is 4.00. The van der Waals surface area contributed by atoms with Gasteiger partial charge in [0, 0.05) is 17.5 Å². The molecule has 0 fully saturated rings. The van der Waals surface area contributed by atoms with Crippen molar-refractivity contribution >= 4 is 29.0 Å².